The maximum absolute atomic E-state index is 13.6. The van der Waals surface area contributed by atoms with Gasteiger partial charge < -0.3 is 5.11 Å². The Morgan fingerprint density at radius 1 is 1.29 bits per heavy atom. The highest BCUT2D eigenvalue weighted by molar-refractivity contribution is 5.40. The number of rotatable bonds is 1. The summed E-state index contributed by atoms with van der Waals surface area (Å²) in [4.78, 5) is 0. The summed E-state index contributed by atoms with van der Waals surface area (Å²) in [6.45, 7) is 7.68. The summed E-state index contributed by atoms with van der Waals surface area (Å²) in [6.07, 6.45) is 0.646. The maximum atomic E-state index is 13.6. The summed E-state index contributed by atoms with van der Waals surface area (Å²) < 4.78 is 13.6. The minimum absolute atomic E-state index is 0.193. The number of phenolic OH excluding ortho intramolecular Hbond substituents is 1. The minimum Gasteiger partial charge on any atom is -0.508 e. The van der Waals surface area contributed by atoms with Crippen molar-refractivity contribution in [1.82, 2.24) is 0 Å². The molecule has 0 heterocycles. The fourth-order valence-electron chi connectivity index (χ4n) is 1.46. The predicted octanol–water partition coefficient (Wildman–Crippen LogP) is 3.39. The minimum atomic E-state index is -0.270. The monoisotopic (exact) mass is 196 g/mol. The second-order valence-electron chi connectivity index (χ2n) is 4.56. The molecule has 0 unspecified atom stereocenters. The van der Waals surface area contributed by atoms with Crippen LogP contribution < -0.4 is 0 Å². The van der Waals surface area contributed by atoms with Crippen LogP contribution in [0.4, 0.5) is 4.39 Å². The fourth-order valence-corrected chi connectivity index (χ4v) is 1.46. The Balaban J connectivity index is 3.29. The average Bonchev–Trinajstić information content (AvgIpc) is 2.06. The zero-order valence-electron chi connectivity index (χ0n) is 9.19. The Bertz CT molecular complexity index is 337. The van der Waals surface area contributed by atoms with Crippen LogP contribution in [0.3, 0.4) is 0 Å². The summed E-state index contributed by atoms with van der Waals surface area (Å²) in [5.41, 5.74) is 0.955. The van der Waals surface area contributed by atoms with E-state index in [-0.39, 0.29) is 17.0 Å². The molecule has 0 atom stereocenters. The lowest BCUT2D eigenvalue weighted by molar-refractivity contribution is 0.455. The van der Waals surface area contributed by atoms with Crippen LogP contribution in [0.25, 0.3) is 0 Å². The van der Waals surface area contributed by atoms with Crippen molar-refractivity contribution in [2.75, 3.05) is 0 Å². The Kier molecular flexibility index (Phi) is 2.84. The molecule has 78 valence electrons. The van der Waals surface area contributed by atoms with Crippen LogP contribution in [-0.4, -0.2) is 5.11 Å². The SMILES string of the molecule is CCc1cc(F)c(C(C)(C)C)cc1O. The van der Waals surface area contributed by atoms with Crippen LogP contribution in [-0.2, 0) is 11.8 Å². The number of phenols is 1. The quantitative estimate of drug-likeness (QED) is 0.730. The first kappa shape index (κ1) is 11.0. The van der Waals surface area contributed by atoms with E-state index < -0.39 is 0 Å². The van der Waals surface area contributed by atoms with Gasteiger partial charge in [-0.15, -0.1) is 0 Å². The van der Waals surface area contributed by atoms with Crippen LogP contribution >= 0.6 is 0 Å². The molecule has 1 aromatic carbocycles. The summed E-state index contributed by atoms with van der Waals surface area (Å²) in [6, 6.07) is 2.96. The molecule has 0 saturated heterocycles. The van der Waals surface area contributed by atoms with Crippen molar-refractivity contribution in [2.45, 2.75) is 39.5 Å². The van der Waals surface area contributed by atoms with E-state index in [9.17, 15) is 9.50 Å². The van der Waals surface area contributed by atoms with Gasteiger partial charge in [0.15, 0.2) is 0 Å². The molecular weight excluding hydrogens is 179 g/mol. The molecule has 0 aromatic heterocycles. The predicted molar refractivity (Wildman–Crippen MR) is 56.1 cm³/mol. The third-order valence-electron chi connectivity index (χ3n) is 2.36. The van der Waals surface area contributed by atoms with Crippen LogP contribution in [0, 0.1) is 5.82 Å². The molecule has 0 fully saturated rings. The number of aryl methyl sites for hydroxylation is 1. The molecule has 0 amide bonds. The fraction of sp³-hybridized carbons (Fsp3) is 0.500. The van der Waals surface area contributed by atoms with Gasteiger partial charge in [-0.2, -0.15) is 0 Å². The van der Waals surface area contributed by atoms with Crippen molar-refractivity contribution in [3.05, 3.63) is 29.1 Å². The molecule has 0 saturated carbocycles. The average molecular weight is 196 g/mol. The van der Waals surface area contributed by atoms with Gasteiger partial charge in [-0.3, -0.25) is 0 Å². The Morgan fingerprint density at radius 2 is 1.86 bits per heavy atom. The number of halogens is 1. The first-order chi connectivity index (χ1) is 6.36. The number of aromatic hydroxyl groups is 1. The van der Waals surface area contributed by atoms with Crippen LogP contribution in [0.1, 0.15) is 38.8 Å². The van der Waals surface area contributed by atoms with E-state index in [4.69, 9.17) is 0 Å². The summed E-state index contributed by atoms with van der Waals surface area (Å²) >= 11 is 0. The van der Waals surface area contributed by atoms with E-state index in [0.717, 1.165) is 0 Å². The zero-order chi connectivity index (χ0) is 10.9. The van der Waals surface area contributed by atoms with E-state index in [1.807, 2.05) is 27.7 Å². The summed E-state index contributed by atoms with van der Waals surface area (Å²) in [5, 5.41) is 9.61. The maximum Gasteiger partial charge on any atom is 0.127 e. The highest BCUT2D eigenvalue weighted by atomic mass is 19.1. The third kappa shape index (κ3) is 2.06. The Labute approximate surface area is 84.6 Å². The number of hydrogen-bond acceptors (Lipinski definition) is 1. The van der Waals surface area contributed by atoms with Gasteiger partial charge >= 0.3 is 0 Å². The standard InChI is InChI=1S/C12H17FO/c1-5-8-6-10(13)9(7-11(8)14)12(2,3)4/h6-7,14H,5H2,1-4H3. The van der Waals surface area contributed by atoms with Crippen LogP contribution in [0.2, 0.25) is 0 Å². The first-order valence-corrected chi connectivity index (χ1v) is 4.88. The van der Waals surface area contributed by atoms with Crippen molar-refractivity contribution in [3.63, 3.8) is 0 Å². The van der Waals surface area contributed by atoms with Crippen molar-refractivity contribution in [3.8, 4) is 5.75 Å². The number of benzene rings is 1. The Morgan fingerprint density at radius 3 is 2.29 bits per heavy atom. The lowest BCUT2D eigenvalue weighted by Gasteiger charge is -2.20. The number of hydrogen-bond donors (Lipinski definition) is 1. The van der Waals surface area contributed by atoms with E-state index in [1.54, 1.807) is 0 Å². The van der Waals surface area contributed by atoms with Crippen LogP contribution in [0.5, 0.6) is 5.75 Å². The van der Waals surface area contributed by atoms with Crippen molar-refractivity contribution < 1.29 is 9.50 Å². The molecule has 0 spiro atoms. The van der Waals surface area contributed by atoms with Gasteiger partial charge in [-0.1, -0.05) is 27.7 Å². The summed E-state index contributed by atoms with van der Waals surface area (Å²) in [7, 11) is 0. The van der Waals surface area contributed by atoms with E-state index >= 15 is 0 Å². The van der Waals surface area contributed by atoms with E-state index in [2.05, 4.69) is 0 Å². The van der Waals surface area contributed by atoms with Gasteiger partial charge in [0, 0.05) is 0 Å². The molecule has 0 aliphatic carbocycles. The van der Waals surface area contributed by atoms with E-state index in [1.165, 1.54) is 12.1 Å². The third-order valence-corrected chi connectivity index (χ3v) is 2.36. The largest absolute Gasteiger partial charge is 0.508 e. The molecule has 14 heavy (non-hydrogen) atoms. The van der Waals surface area contributed by atoms with Gasteiger partial charge in [0.2, 0.25) is 0 Å². The lowest BCUT2D eigenvalue weighted by atomic mass is 9.85. The first-order valence-electron chi connectivity index (χ1n) is 4.88. The highest BCUT2D eigenvalue weighted by Gasteiger charge is 2.20. The molecule has 0 bridgehead atoms. The molecule has 1 aromatic rings. The molecule has 1 N–H and O–H groups in total. The van der Waals surface area contributed by atoms with Gasteiger partial charge in [0.05, 0.1) is 0 Å². The Hall–Kier alpha value is -1.05. The molecule has 2 heteroatoms. The molecule has 0 radical (unpaired) electrons. The van der Waals surface area contributed by atoms with E-state index in [0.29, 0.717) is 17.5 Å². The van der Waals surface area contributed by atoms with Gasteiger partial charge in [-0.05, 0) is 35.1 Å². The van der Waals surface area contributed by atoms with Crippen molar-refractivity contribution >= 4 is 0 Å². The smallest absolute Gasteiger partial charge is 0.127 e. The lowest BCUT2D eigenvalue weighted by Crippen LogP contribution is -2.13. The second-order valence-corrected chi connectivity index (χ2v) is 4.56. The molecule has 1 nitrogen and oxygen atoms in total. The van der Waals surface area contributed by atoms with Gasteiger partial charge in [0.25, 0.3) is 0 Å². The van der Waals surface area contributed by atoms with Gasteiger partial charge in [0.1, 0.15) is 11.6 Å². The normalized spacial score (nSPS) is 11.8. The molecular formula is C12H17FO. The van der Waals surface area contributed by atoms with Crippen LogP contribution in [0.15, 0.2) is 12.1 Å². The topological polar surface area (TPSA) is 20.2 Å². The van der Waals surface area contributed by atoms with Gasteiger partial charge in [-0.25, -0.2) is 4.39 Å². The second kappa shape index (κ2) is 3.60. The molecule has 0 aliphatic heterocycles. The molecule has 1 rings (SSSR count). The zero-order valence-corrected chi connectivity index (χ0v) is 9.19. The van der Waals surface area contributed by atoms with Crippen molar-refractivity contribution in [2.24, 2.45) is 0 Å². The highest BCUT2D eigenvalue weighted by Crippen LogP contribution is 2.30. The van der Waals surface area contributed by atoms with Crippen molar-refractivity contribution in [1.29, 1.82) is 0 Å². The molecule has 0 aliphatic rings. The summed E-state index contributed by atoms with van der Waals surface area (Å²) in [5.74, 6) is -0.0361.